The quantitative estimate of drug-likeness (QED) is 0.860. The molecule has 3 heteroatoms. The SMILES string of the molecule is Cc1cccc(OC2CCCNC2)c1C.Cl. The van der Waals surface area contributed by atoms with Crippen LogP contribution in [0.2, 0.25) is 0 Å². The molecule has 1 N–H and O–H groups in total. The standard InChI is InChI=1S/C13H19NO.ClH/c1-10-5-3-7-13(11(10)2)15-12-6-4-8-14-9-12;/h3,5,7,12,14H,4,6,8-9H2,1-2H3;1H. The van der Waals surface area contributed by atoms with Crippen LogP contribution in [0.25, 0.3) is 0 Å². The molecule has 1 saturated heterocycles. The van der Waals surface area contributed by atoms with Gasteiger partial charge in [0.1, 0.15) is 11.9 Å². The normalized spacial score (nSPS) is 20.0. The van der Waals surface area contributed by atoms with Crippen LogP contribution in [-0.4, -0.2) is 19.2 Å². The van der Waals surface area contributed by atoms with E-state index in [9.17, 15) is 0 Å². The minimum Gasteiger partial charge on any atom is -0.489 e. The van der Waals surface area contributed by atoms with Gasteiger partial charge in [-0.3, -0.25) is 0 Å². The third-order valence-corrected chi connectivity index (χ3v) is 3.10. The molecule has 1 aliphatic heterocycles. The van der Waals surface area contributed by atoms with Gasteiger partial charge in [0.15, 0.2) is 0 Å². The number of piperidine rings is 1. The smallest absolute Gasteiger partial charge is 0.122 e. The van der Waals surface area contributed by atoms with Gasteiger partial charge in [-0.05, 0) is 50.4 Å². The Morgan fingerprint density at radius 2 is 2.12 bits per heavy atom. The van der Waals surface area contributed by atoms with Crippen molar-refractivity contribution in [2.24, 2.45) is 0 Å². The highest BCUT2D eigenvalue weighted by Crippen LogP contribution is 2.23. The first-order valence-electron chi connectivity index (χ1n) is 5.71. The summed E-state index contributed by atoms with van der Waals surface area (Å²) in [5.41, 5.74) is 2.57. The van der Waals surface area contributed by atoms with Crippen LogP contribution in [0.5, 0.6) is 5.75 Å². The van der Waals surface area contributed by atoms with Gasteiger partial charge in [0.2, 0.25) is 0 Å². The van der Waals surface area contributed by atoms with E-state index in [2.05, 4.69) is 37.4 Å². The van der Waals surface area contributed by atoms with Crippen molar-refractivity contribution in [1.29, 1.82) is 0 Å². The molecule has 1 atom stereocenters. The lowest BCUT2D eigenvalue weighted by molar-refractivity contribution is 0.166. The third-order valence-electron chi connectivity index (χ3n) is 3.10. The second-order valence-electron chi connectivity index (χ2n) is 4.28. The van der Waals surface area contributed by atoms with E-state index >= 15 is 0 Å². The van der Waals surface area contributed by atoms with E-state index in [1.54, 1.807) is 0 Å². The van der Waals surface area contributed by atoms with Crippen molar-refractivity contribution in [3.63, 3.8) is 0 Å². The molecule has 1 aromatic carbocycles. The summed E-state index contributed by atoms with van der Waals surface area (Å²) in [5.74, 6) is 1.05. The van der Waals surface area contributed by atoms with Crippen LogP contribution < -0.4 is 10.1 Å². The maximum Gasteiger partial charge on any atom is 0.122 e. The maximum absolute atomic E-state index is 6.00. The largest absolute Gasteiger partial charge is 0.489 e. The Morgan fingerprint density at radius 3 is 2.81 bits per heavy atom. The number of rotatable bonds is 2. The molecule has 1 unspecified atom stereocenters. The van der Waals surface area contributed by atoms with Crippen molar-refractivity contribution in [2.45, 2.75) is 32.8 Å². The Morgan fingerprint density at radius 1 is 1.31 bits per heavy atom. The number of hydrogen-bond acceptors (Lipinski definition) is 2. The van der Waals surface area contributed by atoms with Crippen LogP contribution in [0.4, 0.5) is 0 Å². The molecule has 1 heterocycles. The van der Waals surface area contributed by atoms with E-state index in [1.807, 2.05) is 0 Å². The lowest BCUT2D eigenvalue weighted by Gasteiger charge is -2.25. The fourth-order valence-corrected chi connectivity index (χ4v) is 1.95. The monoisotopic (exact) mass is 241 g/mol. The predicted molar refractivity (Wildman–Crippen MR) is 69.7 cm³/mol. The molecule has 2 rings (SSSR count). The van der Waals surface area contributed by atoms with Crippen LogP contribution in [0.3, 0.4) is 0 Å². The summed E-state index contributed by atoms with van der Waals surface area (Å²) in [5, 5.41) is 3.36. The molecule has 0 radical (unpaired) electrons. The summed E-state index contributed by atoms with van der Waals surface area (Å²) in [7, 11) is 0. The summed E-state index contributed by atoms with van der Waals surface area (Å²) >= 11 is 0. The molecule has 0 saturated carbocycles. The van der Waals surface area contributed by atoms with Crippen molar-refractivity contribution in [3.05, 3.63) is 29.3 Å². The molecule has 0 amide bonds. The number of halogens is 1. The van der Waals surface area contributed by atoms with Crippen molar-refractivity contribution < 1.29 is 4.74 Å². The number of aryl methyl sites for hydroxylation is 1. The van der Waals surface area contributed by atoms with Gasteiger partial charge < -0.3 is 10.1 Å². The number of benzene rings is 1. The lowest BCUT2D eigenvalue weighted by Crippen LogP contribution is -2.37. The maximum atomic E-state index is 6.00. The Kier molecular flexibility index (Phi) is 5.10. The van der Waals surface area contributed by atoms with Gasteiger partial charge in [0.25, 0.3) is 0 Å². The first-order chi connectivity index (χ1) is 7.27. The van der Waals surface area contributed by atoms with E-state index in [1.165, 1.54) is 24.0 Å². The molecule has 0 bridgehead atoms. The summed E-state index contributed by atoms with van der Waals surface area (Å²) in [4.78, 5) is 0. The number of hydrogen-bond donors (Lipinski definition) is 1. The fourth-order valence-electron chi connectivity index (χ4n) is 1.95. The van der Waals surface area contributed by atoms with Gasteiger partial charge in [-0.1, -0.05) is 12.1 Å². The average Bonchev–Trinajstić information content (AvgIpc) is 2.26. The Hall–Kier alpha value is -0.730. The number of ether oxygens (including phenoxy) is 1. The third kappa shape index (κ3) is 3.13. The van der Waals surface area contributed by atoms with Crippen molar-refractivity contribution in [3.8, 4) is 5.75 Å². The summed E-state index contributed by atoms with van der Waals surface area (Å²) < 4.78 is 6.00. The minimum absolute atomic E-state index is 0. The fraction of sp³-hybridized carbons (Fsp3) is 0.538. The highest BCUT2D eigenvalue weighted by Gasteiger charge is 2.15. The molecular weight excluding hydrogens is 222 g/mol. The average molecular weight is 242 g/mol. The molecule has 90 valence electrons. The molecule has 16 heavy (non-hydrogen) atoms. The Balaban J connectivity index is 0.00000128. The van der Waals surface area contributed by atoms with Gasteiger partial charge in [-0.25, -0.2) is 0 Å². The highest BCUT2D eigenvalue weighted by molar-refractivity contribution is 5.85. The van der Waals surface area contributed by atoms with Gasteiger partial charge in [0, 0.05) is 6.54 Å². The van der Waals surface area contributed by atoms with Crippen molar-refractivity contribution in [2.75, 3.05) is 13.1 Å². The van der Waals surface area contributed by atoms with Gasteiger partial charge in [0.05, 0.1) is 0 Å². The molecular formula is C13H20ClNO. The molecule has 1 fully saturated rings. The summed E-state index contributed by atoms with van der Waals surface area (Å²) in [6, 6.07) is 6.26. The van der Waals surface area contributed by atoms with E-state index in [4.69, 9.17) is 4.74 Å². The highest BCUT2D eigenvalue weighted by atomic mass is 35.5. The van der Waals surface area contributed by atoms with Crippen LogP contribution >= 0.6 is 12.4 Å². The second-order valence-corrected chi connectivity index (χ2v) is 4.28. The predicted octanol–water partition coefficient (Wildman–Crippen LogP) is 2.86. The summed E-state index contributed by atoms with van der Waals surface area (Å²) in [6.07, 6.45) is 2.73. The molecule has 1 aromatic rings. The zero-order valence-electron chi connectivity index (χ0n) is 9.95. The molecule has 2 nitrogen and oxygen atoms in total. The zero-order valence-corrected chi connectivity index (χ0v) is 10.8. The molecule has 0 aromatic heterocycles. The van der Waals surface area contributed by atoms with Crippen LogP contribution in [-0.2, 0) is 0 Å². The van der Waals surface area contributed by atoms with E-state index in [0.29, 0.717) is 6.10 Å². The van der Waals surface area contributed by atoms with E-state index < -0.39 is 0 Å². The van der Waals surface area contributed by atoms with E-state index in [-0.39, 0.29) is 12.4 Å². The zero-order chi connectivity index (χ0) is 10.7. The topological polar surface area (TPSA) is 21.3 Å². The lowest BCUT2D eigenvalue weighted by atomic mass is 10.1. The van der Waals surface area contributed by atoms with E-state index in [0.717, 1.165) is 18.8 Å². The van der Waals surface area contributed by atoms with Gasteiger partial charge >= 0.3 is 0 Å². The van der Waals surface area contributed by atoms with Gasteiger partial charge in [-0.15, -0.1) is 12.4 Å². The number of nitrogens with one attached hydrogen (secondary N) is 1. The minimum atomic E-state index is 0. The van der Waals surface area contributed by atoms with Crippen LogP contribution in [0, 0.1) is 13.8 Å². The summed E-state index contributed by atoms with van der Waals surface area (Å²) in [6.45, 7) is 6.36. The van der Waals surface area contributed by atoms with Crippen LogP contribution in [0.1, 0.15) is 24.0 Å². The Labute approximate surface area is 104 Å². The van der Waals surface area contributed by atoms with Gasteiger partial charge in [-0.2, -0.15) is 0 Å². The Bertz CT molecular complexity index is 335. The molecule has 0 spiro atoms. The van der Waals surface area contributed by atoms with Crippen molar-refractivity contribution >= 4 is 12.4 Å². The van der Waals surface area contributed by atoms with Crippen molar-refractivity contribution in [1.82, 2.24) is 5.32 Å². The first-order valence-corrected chi connectivity index (χ1v) is 5.71. The molecule has 0 aliphatic carbocycles. The second kappa shape index (κ2) is 6.12. The van der Waals surface area contributed by atoms with Crippen LogP contribution in [0.15, 0.2) is 18.2 Å². The molecule has 1 aliphatic rings. The first kappa shape index (κ1) is 13.3.